The second kappa shape index (κ2) is 9.15. The smallest absolute Gasteiger partial charge is 0.250 e. The van der Waals surface area contributed by atoms with E-state index in [1.165, 1.54) is 16.7 Å². The molecule has 1 aliphatic carbocycles. The molecule has 0 saturated heterocycles. The third kappa shape index (κ3) is 4.82. The summed E-state index contributed by atoms with van der Waals surface area (Å²) in [7, 11) is 4.33. The van der Waals surface area contributed by atoms with Crippen LogP contribution in [0.5, 0.6) is 0 Å². The van der Waals surface area contributed by atoms with Gasteiger partial charge in [-0.25, -0.2) is 0 Å². The molecule has 1 saturated carbocycles. The van der Waals surface area contributed by atoms with Crippen molar-refractivity contribution in [2.45, 2.75) is 38.6 Å². The number of allylic oxidation sites excluding steroid dienone is 1. The number of aryl methyl sites for hydroxylation is 1. The normalized spacial score (nSPS) is 17.9. The highest BCUT2D eigenvalue weighted by molar-refractivity contribution is 6.30. The maximum Gasteiger partial charge on any atom is 0.250 e. The van der Waals surface area contributed by atoms with Crippen molar-refractivity contribution in [3.8, 4) is 11.4 Å². The summed E-state index contributed by atoms with van der Waals surface area (Å²) in [6, 6.07) is 16.9. The Morgan fingerprint density at radius 1 is 1.10 bits per heavy atom. The maximum atomic E-state index is 6.09. The van der Waals surface area contributed by atoms with Crippen LogP contribution < -0.4 is 0 Å². The molecule has 3 aromatic rings. The van der Waals surface area contributed by atoms with Crippen LogP contribution in [0.2, 0.25) is 5.02 Å². The van der Waals surface area contributed by atoms with Crippen LogP contribution in [-0.2, 0) is 0 Å². The summed E-state index contributed by atoms with van der Waals surface area (Å²) in [6.07, 6.45) is 6.50. The molecule has 0 N–H and O–H groups in total. The van der Waals surface area contributed by atoms with Gasteiger partial charge in [0.1, 0.15) is 0 Å². The number of aromatic nitrogens is 2. The number of halogens is 1. The molecule has 1 heterocycles. The van der Waals surface area contributed by atoms with E-state index in [0.29, 0.717) is 23.7 Å². The van der Waals surface area contributed by atoms with Crippen LogP contribution in [0, 0.1) is 12.8 Å². The average molecular weight is 422 g/mol. The lowest BCUT2D eigenvalue weighted by molar-refractivity contribution is 0.184. The van der Waals surface area contributed by atoms with Gasteiger partial charge in [-0.1, -0.05) is 58.2 Å². The van der Waals surface area contributed by atoms with Gasteiger partial charge in [0.05, 0.1) is 0 Å². The Bertz CT molecular complexity index is 1010. The SMILES string of the molecule is Cc1cccc(-c2noc(C=C3CCC(C(c4ccc(Cl)cc4)N(C)C)CC3)n2)c1. The van der Waals surface area contributed by atoms with E-state index in [0.717, 1.165) is 36.3 Å². The molecule has 0 radical (unpaired) electrons. The summed E-state index contributed by atoms with van der Waals surface area (Å²) in [4.78, 5) is 6.91. The zero-order valence-electron chi connectivity index (χ0n) is 17.8. The van der Waals surface area contributed by atoms with Crippen LogP contribution in [0.1, 0.15) is 48.7 Å². The molecule has 1 aliphatic rings. The molecule has 156 valence electrons. The first-order valence-corrected chi connectivity index (χ1v) is 10.9. The first kappa shape index (κ1) is 20.8. The second-order valence-corrected chi connectivity index (χ2v) is 8.86. The van der Waals surface area contributed by atoms with Crippen LogP contribution in [0.3, 0.4) is 0 Å². The van der Waals surface area contributed by atoms with Gasteiger partial charge in [-0.2, -0.15) is 4.98 Å². The summed E-state index contributed by atoms with van der Waals surface area (Å²) in [5, 5.41) is 4.94. The summed E-state index contributed by atoms with van der Waals surface area (Å²) >= 11 is 6.09. The first-order chi connectivity index (χ1) is 14.5. The molecule has 0 amide bonds. The Kier molecular flexibility index (Phi) is 6.35. The minimum Gasteiger partial charge on any atom is -0.334 e. The Hall–Kier alpha value is -2.43. The van der Waals surface area contributed by atoms with Crippen LogP contribution in [0.15, 0.2) is 58.6 Å². The van der Waals surface area contributed by atoms with Crippen molar-refractivity contribution in [2.24, 2.45) is 5.92 Å². The van der Waals surface area contributed by atoms with Gasteiger partial charge in [0.2, 0.25) is 5.82 Å². The van der Waals surface area contributed by atoms with E-state index in [9.17, 15) is 0 Å². The fraction of sp³-hybridized carbons (Fsp3) is 0.360. The molecule has 4 nitrogen and oxygen atoms in total. The molecule has 5 heteroatoms. The van der Waals surface area contributed by atoms with Crippen LogP contribution in [0.4, 0.5) is 0 Å². The van der Waals surface area contributed by atoms with Crippen molar-refractivity contribution >= 4 is 17.7 Å². The highest BCUT2D eigenvalue weighted by Gasteiger charge is 2.28. The molecule has 0 spiro atoms. The van der Waals surface area contributed by atoms with Crippen molar-refractivity contribution in [3.05, 3.63) is 76.1 Å². The minimum atomic E-state index is 0.403. The second-order valence-electron chi connectivity index (χ2n) is 8.43. The van der Waals surface area contributed by atoms with Gasteiger partial charge in [0, 0.05) is 22.7 Å². The topological polar surface area (TPSA) is 42.2 Å². The molecule has 1 atom stereocenters. The van der Waals surface area contributed by atoms with Gasteiger partial charge >= 0.3 is 0 Å². The van der Waals surface area contributed by atoms with Crippen molar-refractivity contribution < 1.29 is 4.52 Å². The van der Waals surface area contributed by atoms with Crippen molar-refractivity contribution in [3.63, 3.8) is 0 Å². The largest absolute Gasteiger partial charge is 0.334 e. The van der Waals surface area contributed by atoms with E-state index in [-0.39, 0.29) is 0 Å². The van der Waals surface area contributed by atoms with Gasteiger partial charge in [0.25, 0.3) is 5.89 Å². The number of hydrogen-bond donors (Lipinski definition) is 0. The molecule has 4 rings (SSSR count). The quantitative estimate of drug-likeness (QED) is 0.466. The maximum absolute atomic E-state index is 6.09. The van der Waals surface area contributed by atoms with Gasteiger partial charge < -0.3 is 9.42 Å². The molecule has 2 aromatic carbocycles. The van der Waals surface area contributed by atoms with Crippen molar-refractivity contribution in [1.29, 1.82) is 0 Å². The molecule has 1 fully saturated rings. The van der Waals surface area contributed by atoms with E-state index in [1.54, 1.807) is 0 Å². The average Bonchev–Trinajstić information content (AvgIpc) is 3.19. The molecule has 30 heavy (non-hydrogen) atoms. The van der Waals surface area contributed by atoms with Gasteiger partial charge in [0.15, 0.2) is 0 Å². The Morgan fingerprint density at radius 3 is 2.50 bits per heavy atom. The highest BCUT2D eigenvalue weighted by atomic mass is 35.5. The summed E-state index contributed by atoms with van der Waals surface area (Å²) < 4.78 is 5.50. The Balaban J connectivity index is 1.44. The van der Waals surface area contributed by atoms with Crippen LogP contribution >= 0.6 is 11.6 Å². The third-order valence-electron chi connectivity index (χ3n) is 5.93. The van der Waals surface area contributed by atoms with E-state index < -0.39 is 0 Å². The predicted octanol–water partition coefficient (Wildman–Crippen LogP) is 6.57. The first-order valence-electron chi connectivity index (χ1n) is 10.5. The molecule has 1 unspecified atom stereocenters. The van der Waals surface area contributed by atoms with Gasteiger partial charge in [-0.15, -0.1) is 0 Å². The lowest BCUT2D eigenvalue weighted by Crippen LogP contribution is -2.29. The number of benzene rings is 2. The molecular weight excluding hydrogens is 394 g/mol. The fourth-order valence-electron chi connectivity index (χ4n) is 4.49. The summed E-state index contributed by atoms with van der Waals surface area (Å²) in [6.45, 7) is 2.07. The number of rotatable bonds is 5. The van der Waals surface area contributed by atoms with Crippen molar-refractivity contribution in [2.75, 3.05) is 14.1 Å². The zero-order chi connectivity index (χ0) is 21.1. The van der Waals surface area contributed by atoms with E-state index in [1.807, 2.05) is 24.3 Å². The van der Waals surface area contributed by atoms with Crippen molar-refractivity contribution in [1.82, 2.24) is 15.0 Å². The third-order valence-corrected chi connectivity index (χ3v) is 6.18. The molecular formula is C25H28ClN3O. The zero-order valence-corrected chi connectivity index (χ0v) is 18.6. The molecule has 0 bridgehead atoms. The summed E-state index contributed by atoms with van der Waals surface area (Å²) in [5.74, 6) is 1.86. The Labute approximate surface area is 183 Å². The lowest BCUT2D eigenvalue weighted by Gasteiger charge is -2.36. The van der Waals surface area contributed by atoms with Crippen LogP contribution in [0.25, 0.3) is 17.5 Å². The molecule has 0 aliphatic heterocycles. The highest BCUT2D eigenvalue weighted by Crippen LogP contribution is 2.39. The number of hydrogen-bond acceptors (Lipinski definition) is 4. The standard InChI is InChI=1S/C25H28ClN3O/c1-17-5-4-6-21(15-17)25-27-23(30-28-25)16-18-7-9-19(10-8-18)24(29(2)3)20-11-13-22(26)14-12-20/h4-6,11-16,19,24H,7-10H2,1-3H3. The van der Waals surface area contributed by atoms with Gasteiger partial charge in [-0.05, 0) is 76.4 Å². The summed E-state index contributed by atoms with van der Waals surface area (Å²) in [5.41, 5.74) is 4.90. The minimum absolute atomic E-state index is 0.403. The van der Waals surface area contributed by atoms with E-state index in [2.05, 4.69) is 66.4 Å². The monoisotopic (exact) mass is 421 g/mol. The lowest BCUT2D eigenvalue weighted by atomic mass is 9.78. The molecule has 1 aromatic heterocycles. The number of nitrogens with zero attached hydrogens (tertiary/aromatic N) is 3. The Morgan fingerprint density at radius 2 is 1.83 bits per heavy atom. The van der Waals surface area contributed by atoms with Crippen LogP contribution in [-0.4, -0.2) is 29.1 Å². The predicted molar refractivity (Wildman–Crippen MR) is 122 cm³/mol. The van der Waals surface area contributed by atoms with E-state index in [4.69, 9.17) is 16.1 Å². The van der Waals surface area contributed by atoms with E-state index >= 15 is 0 Å². The fourth-order valence-corrected chi connectivity index (χ4v) is 4.62. The van der Waals surface area contributed by atoms with Gasteiger partial charge in [-0.3, -0.25) is 0 Å².